The zero-order valence-corrected chi connectivity index (χ0v) is 13.1. The van der Waals surface area contributed by atoms with Crippen LogP contribution in [0.15, 0.2) is 17.8 Å². The highest BCUT2D eigenvalue weighted by molar-refractivity contribution is 7.15. The lowest BCUT2D eigenvalue weighted by molar-refractivity contribution is -0.132. The molecule has 1 aliphatic rings. The van der Waals surface area contributed by atoms with Crippen molar-refractivity contribution in [1.29, 1.82) is 0 Å². The number of aliphatic hydroxyl groups excluding tert-OH is 1. The minimum absolute atomic E-state index is 0.133. The summed E-state index contributed by atoms with van der Waals surface area (Å²) in [4.78, 5) is 19.7. The first kappa shape index (κ1) is 14.5. The molecule has 1 N–H and O–H groups in total. The Morgan fingerprint density at radius 2 is 2.24 bits per heavy atom. The Labute approximate surface area is 128 Å². The lowest BCUT2D eigenvalue weighted by atomic mass is 9.86. The number of hydrogen-bond acceptors (Lipinski definition) is 4. The quantitative estimate of drug-likeness (QED) is 0.939. The molecule has 1 aliphatic carbocycles. The van der Waals surface area contributed by atoms with E-state index < -0.39 is 0 Å². The molecule has 1 fully saturated rings. The van der Waals surface area contributed by atoms with Crippen molar-refractivity contribution in [3.05, 3.63) is 23.5 Å². The molecule has 21 heavy (non-hydrogen) atoms. The lowest BCUT2D eigenvalue weighted by Crippen LogP contribution is -2.40. The van der Waals surface area contributed by atoms with Gasteiger partial charge in [0.05, 0.1) is 12.1 Å². The van der Waals surface area contributed by atoms with Crippen LogP contribution in [0.25, 0.3) is 4.96 Å². The maximum atomic E-state index is 12.4. The zero-order chi connectivity index (χ0) is 14.8. The van der Waals surface area contributed by atoms with E-state index in [1.807, 2.05) is 34.1 Å². The summed E-state index contributed by atoms with van der Waals surface area (Å²) < 4.78 is 1.96. The number of imidazole rings is 1. The van der Waals surface area contributed by atoms with Gasteiger partial charge in [0.2, 0.25) is 5.91 Å². The van der Waals surface area contributed by atoms with Crippen molar-refractivity contribution < 1.29 is 9.90 Å². The smallest absolute Gasteiger partial charge is 0.228 e. The van der Waals surface area contributed by atoms with Crippen LogP contribution in [0, 0.1) is 5.92 Å². The Morgan fingerprint density at radius 3 is 2.90 bits per heavy atom. The predicted octanol–water partition coefficient (Wildman–Crippen LogP) is 1.95. The van der Waals surface area contributed by atoms with Gasteiger partial charge in [0.1, 0.15) is 0 Å². The largest absolute Gasteiger partial charge is 0.396 e. The van der Waals surface area contributed by atoms with Crippen LogP contribution >= 0.6 is 11.3 Å². The van der Waals surface area contributed by atoms with E-state index in [0.717, 1.165) is 36.3 Å². The van der Waals surface area contributed by atoms with Gasteiger partial charge in [-0.3, -0.25) is 9.20 Å². The summed E-state index contributed by atoms with van der Waals surface area (Å²) in [6, 6.07) is 0.309. The summed E-state index contributed by atoms with van der Waals surface area (Å²) in [5.74, 6) is 0.554. The van der Waals surface area contributed by atoms with Gasteiger partial charge in [-0.15, -0.1) is 11.3 Å². The van der Waals surface area contributed by atoms with E-state index >= 15 is 0 Å². The fourth-order valence-electron chi connectivity index (χ4n) is 3.06. The Morgan fingerprint density at radius 1 is 1.48 bits per heavy atom. The van der Waals surface area contributed by atoms with Crippen LogP contribution in [-0.2, 0) is 11.2 Å². The average molecular weight is 307 g/mol. The van der Waals surface area contributed by atoms with E-state index in [1.165, 1.54) is 0 Å². The van der Waals surface area contributed by atoms with Gasteiger partial charge < -0.3 is 10.0 Å². The number of amides is 1. The Balaban J connectivity index is 1.58. The fraction of sp³-hybridized carbons (Fsp3) is 0.600. The minimum Gasteiger partial charge on any atom is -0.396 e. The summed E-state index contributed by atoms with van der Waals surface area (Å²) in [6.45, 7) is 0.274. The van der Waals surface area contributed by atoms with Crippen molar-refractivity contribution in [2.24, 2.45) is 5.92 Å². The maximum Gasteiger partial charge on any atom is 0.228 e. The Kier molecular flexibility index (Phi) is 4.26. The first-order valence-electron chi connectivity index (χ1n) is 7.45. The van der Waals surface area contributed by atoms with E-state index in [1.54, 1.807) is 11.3 Å². The van der Waals surface area contributed by atoms with Crippen molar-refractivity contribution in [3.63, 3.8) is 0 Å². The van der Waals surface area contributed by atoms with Crippen LogP contribution in [-0.4, -0.2) is 45.0 Å². The first-order valence-corrected chi connectivity index (χ1v) is 8.33. The molecule has 6 heteroatoms. The van der Waals surface area contributed by atoms with Gasteiger partial charge in [-0.1, -0.05) is 0 Å². The molecule has 2 heterocycles. The van der Waals surface area contributed by atoms with E-state index in [-0.39, 0.29) is 12.5 Å². The SMILES string of the molecule is CN(C(=O)Cc1cn2ccsc2n1)C1CCC(CO)CC1. The second-order valence-electron chi connectivity index (χ2n) is 5.86. The molecule has 1 amide bonds. The summed E-state index contributed by atoms with van der Waals surface area (Å²) in [5.41, 5.74) is 0.836. The van der Waals surface area contributed by atoms with Gasteiger partial charge in [-0.25, -0.2) is 4.98 Å². The van der Waals surface area contributed by atoms with Crippen LogP contribution < -0.4 is 0 Å². The molecule has 0 saturated heterocycles. The van der Waals surface area contributed by atoms with Gasteiger partial charge in [-0.2, -0.15) is 0 Å². The molecular formula is C15H21N3O2S. The maximum absolute atomic E-state index is 12.4. The summed E-state index contributed by atoms with van der Waals surface area (Å²) >= 11 is 1.58. The number of thiazole rings is 1. The Hall–Kier alpha value is -1.40. The van der Waals surface area contributed by atoms with Gasteiger partial charge in [0, 0.05) is 37.5 Å². The average Bonchev–Trinajstić information content (AvgIpc) is 3.07. The number of aliphatic hydroxyl groups is 1. The van der Waals surface area contributed by atoms with Crippen LogP contribution in [0.1, 0.15) is 31.4 Å². The highest BCUT2D eigenvalue weighted by atomic mass is 32.1. The monoisotopic (exact) mass is 307 g/mol. The number of carbonyl (C=O) groups is 1. The van der Waals surface area contributed by atoms with Crippen molar-refractivity contribution in [2.75, 3.05) is 13.7 Å². The number of likely N-dealkylation sites (N-methyl/N-ethyl adjacent to an activating group) is 1. The molecule has 1 saturated carbocycles. The van der Waals surface area contributed by atoms with Crippen LogP contribution in [0.3, 0.4) is 0 Å². The molecule has 5 nitrogen and oxygen atoms in total. The number of rotatable bonds is 4. The van der Waals surface area contributed by atoms with Crippen LogP contribution in [0.5, 0.6) is 0 Å². The van der Waals surface area contributed by atoms with Crippen LogP contribution in [0.4, 0.5) is 0 Å². The normalized spacial score (nSPS) is 22.6. The molecule has 0 bridgehead atoms. The molecule has 2 aromatic heterocycles. The standard InChI is InChI=1S/C15H21N3O2S/c1-17(13-4-2-11(10-19)3-5-13)14(20)8-12-9-18-6-7-21-15(18)16-12/h6-7,9,11,13,19H,2-5,8,10H2,1H3. The molecule has 114 valence electrons. The predicted molar refractivity (Wildman–Crippen MR) is 82.4 cm³/mol. The van der Waals surface area contributed by atoms with Crippen molar-refractivity contribution in [3.8, 4) is 0 Å². The van der Waals surface area contributed by atoms with E-state index in [2.05, 4.69) is 4.98 Å². The van der Waals surface area contributed by atoms with E-state index in [4.69, 9.17) is 0 Å². The third-order valence-corrected chi connectivity index (χ3v) is 5.26. The van der Waals surface area contributed by atoms with E-state index in [9.17, 15) is 9.90 Å². The number of nitrogens with zero attached hydrogens (tertiary/aromatic N) is 3. The topological polar surface area (TPSA) is 57.8 Å². The number of carbonyl (C=O) groups excluding carboxylic acids is 1. The van der Waals surface area contributed by atoms with Crippen LogP contribution in [0.2, 0.25) is 0 Å². The molecule has 0 unspecified atom stereocenters. The number of aromatic nitrogens is 2. The number of fused-ring (bicyclic) bond motifs is 1. The number of hydrogen-bond donors (Lipinski definition) is 1. The van der Waals surface area contributed by atoms with Gasteiger partial charge in [0.25, 0.3) is 0 Å². The zero-order valence-electron chi connectivity index (χ0n) is 12.2. The van der Waals surface area contributed by atoms with Gasteiger partial charge in [-0.05, 0) is 31.6 Å². The lowest BCUT2D eigenvalue weighted by Gasteiger charge is -2.34. The molecule has 0 aromatic carbocycles. The molecular weight excluding hydrogens is 286 g/mol. The molecule has 2 aromatic rings. The summed E-state index contributed by atoms with van der Waals surface area (Å²) in [6.07, 6.45) is 8.27. The third-order valence-electron chi connectivity index (χ3n) is 4.49. The molecule has 0 spiro atoms. The minimum atomic E-state index is 0.133. The summed E-state index contributed by atoms with van der Waals surface area (Å²) in [5, 5.41) is 11.2. The first-order chi connectivity index (χ1) is 10.2. The molecule has 0 aliphatic heterocycles. The van der Waals surface area contributed by atoms with Gasteiger partial charge in [0.15, 0.2) is 4.96 Å². The second kappa shape index (κ2) is 6.15. The second-order valence-corrected chi connectivity index (χ2v) is 6.74. The van der Waals surface area contributed by atoms with E-state index in [0.29, 0.717) is 18.4 Å². The highest BCUT2D eigenvalue weighted by Gasteiger charge is 2.26. The van der Waals surface area contributed by atoms with Crippen molar-refractivity contribution in [1.82, 2.24) is 14.3 Å². The fourth-order valence-corrected chi connectivity index (χ4v) is 3.78. The summed E-state index contributed by atoms with van der Waals surface area (Å²) in [7, 11) is 1.89. The molecule has 0 atom stereocenters. The highest BCUT2D eigenvalue weighted by Crippen LogP contribution is 2.27. The Bertz CT molecular complexity index is 585. The van der Waals surface area contributed by atoms with Gasteiger partial charge >= 0.3 is 0 Å². The third kappa shape index (κ3) is 3.11. The van der Waals surface area contributed by atoms with Crippen molar-refractivity contribution in [2.45, 2.75) is 38.1 Å². The molecule has 3 rings (SSSR count). The molecule has 0 radical (unpaired) electrons. The van der Waals surface area contributed by atoms with Crippen molar-refractivity contribution >= 4 is 22.2 Å².